The van der Waals surface area contributed by atoms with E-state index in [1.807, 2.05) is 30.3 Å². The van der Waals surface area contributed by atoms with Crippen molar-refractivity contribution in [2.45, 2.75) is 6.61 Å². The lowest BCUT2D eigenvalue weighted by molar-refractivity contribution is 0.276. The fourth-order valence-corrected chi connectivity index (χ4v) is 2.38. The summed E-state index contributed by atoms with van der Waals surface area (Å²) in [6.45, 7) is -0.117. The molecule has 102 valence electrons. The third-order valence-corrected chi connectivity index (χ3v) is 3.40. The van der Waals surface area contributed by atoms with E-state index in [1.165, 1.54) is 0 Å². The highest BCUT2D eigenvalue weighted by molar-refractivity contribution is 6.30. The minimum absolute atomic E-state index is 0.117. The molecule has 0 fully saturated rings. The second kappa shape index (κ2) is 5.15. The number of hydrogen-bond donors (Lipinski definition) is 1. The number of fused-ring (bicyclic) bond motifs is 1. The molecule has 20 heavy (non-hydrogen) atoms. The standard InChI is InChI=1S/C15H13ClN2O2/c1-20-12-4-2-3-10(7-12)15-13(9-19)18-8-11(16)5-6-14(18)17-15/h2-8,19H,9H2,1H3. The molecule has 4 nitrogen and oxygen atoms in total. The maximum Gasteiger partial charge on any atom is 0.137 e. The molecule has 0 aliphatic carbocycles. The van der Waals surface area contributed by atoms with Crippen LogP contribution in [-0.2, 0) is 6.61 Å². The fourth-order valence-electron chi connectivity index (χ4n) is 2.22. The highest BCUT2D eigenvalue weighted by Gasteiger charge is 2.13. The molecule has 0 amide bonds. The van der Waals surface area contributed by atoms with Crippen LogP contribution in [0.5, 0.6) is 5.75 Å². The first-order valence-corrected chi connectivity index (χ1v) is 6.52. The zero-order valence-corrected chi connectivity index (χ0v) is 11.6. The van der Waals surface area contributed by atoms with Gasteiger partial charge in [0.2, 0.25) is 0 Å². The lowest BCUT2D eigenvalue weighted by atomic mass is 10.1. The third-order valence-electron chi connectivity index (χ3n) is 3.17. The van der Waals surface area contributed by atoms with E-state index in [2.05, 4.69) is 4.98 Å². The molecule has 0 spiro atoms. The molecule has 0 saturated carbocycles. The van der Waals surface area contributed by atoms with Crippen LogP contribution in [0.1, 0.15) is 5.69 Å². The average Bonchev–Trinajstić information content (AvgIpc) is 2.85. The number of nitrogens with zero attached hydrogens (tertiary/aromatic N) is 2. The summed E-state index contributed by atoms with van der Waals surface area (Å²) in [5, 5.41) is 10.2. The topological polar surface area (TPSA) is 46.8 Å². The van der Waals surface area contributed by atoms with Crippen LogP contribution < -0.4 is 4.74 Å². The van der Waals surface area contributed by atoms with Gasteiger partial charge in [0.05, 0.1) is 30.1 Å². The summed E-state index contributed by atoms with van der Waals surface area (Å²) < 4.78 is 7.03. The highest BCUT2D eigenvalue weighted by Crippen LogP contribution is 2.28. The molecule has 2 heterocycles. The van der Waals surface area contributed by atoms with Gasteiger partial charge in [0.25, 0.3) is 0 Å². The van der Waals surface area contributed by atoms with Gasteiger partial charge >= 0.3 is 0 Å². The second-order valence-corrected chi connectivity index (χ2v) is 4.81. The van der Waals surface area contributed by atoms with Gasteiger partial charge in [0.1, 0.15) is 11.4 Å². The van der Waals surface area contributed by atoms with Gasteiger partial charge in [-0.2, -0.15) is 0 Å². The van der Waals surface area contributed by atoms with Crippen LogP contribution in [-0.4, -0.2) is 21.6 Å². The van der Waals surface area contributed by atoms with Crippen LogP contribution in [0.2, 0.25) is 5.02 Å². The van der Waals surface area contributed by atoms with Gasteiger partial charge in [-0.25, -0.2) is 4.98 Å². The Morgan fingerprint density at radius 1 is 1.30 bits per heavy atom. The quantitative estimate of drug-likeness (QED) is 0.805. The first-order chi connectivity index (χ1) is 9.72. The molecule has 3 aromatic rings. The number of methoxy groups -OCH3 is 1. The second-order valence-electron chi connectivity index (χ2n) is 4.37. The van der Waals surface area contributed by atoms with Crippen molar-refractivity contribution in [1.29, 1.82) is 0 Å². The number of imidazole rings is 1. The van der Waals surface area contributed by atoms with Gasteiger partial charge in [0.15, 0.2) is 0 Å². The van der Waals surface area contributed by atoms with Crippen molar-refractivity contribution in [3.05, 3.63) is 53.3 Å². The summed E-state index contributed by atoms with van der Waals surface area (Å²) >= 11 is 6.00. The molecule has 0 aliphatic rings. The third kappa shape index (κ3) is 2.13. The summed E-state index contributed by atoms with van der Waals surface area (Å²) in [6.07, 6.45) is 1.75. The van der Waals surface area contributed by atoms with Crippen LogP contribution in [0.25, 0.3) is 16.9 Å². The Hall–Kier alpha value is -2.04. The van der Waals surface area contributed by atoms with Crippen LogP contribution >= 0.6 is 11.6 Å². The number of halogens is 1. The molecular formula is C15H13ClN2O2. The van der Waals surface area contributed by atoms with Crippen LogP contribution in [0.15, 0.2) is 42.6 Å². The number of aromatic nitrogens is 2. The van der Waals surface area contributed by atoms with Crippen molar-refractivity contribution in [3.8, 4) is 17.0 Å². The predicted molar refractivity (Wildman–Crippen MR) is 78.1 cm³/mol. The van der Waals surface area contributed by atoms with E-state index in [1.54, 1.807) is 23.8 Å². The van der Waals surface area contributed by atoms with Crippen molar-refractivity contribution < 1.29 is 9.84 Å². The SMILES string of the molecule is COc1cccc(-c2nc3ccc(Cl)cn3c2CO)c1. The lowest BCUT2D eigenvalue weighted by Crippen LogP contribution is -1.94. The average molecular weight is 289 g/mol. The molecule has 0 saturated heterocycles. The Kier molecular flexibility index (Phi) is 3.34. The van der Waals surface area contributed by atoms with Crippen molar-refractivity contribution >= 4 is 17.2 Å². The smallest absolute Gasteiger partial charge is 0.137 e. The molecule has 2 aromatic heterocycles. The summed E-state index contributed by atoms with van der Waals surface area (Å²) in [5.41, 5.74) is 3.08. The van der Waals surface area contributed by atoms with E-state index in [-0.39, 0.29) is 6.61 Å². The minimum atomic E-state index is -0.117. The number of aliphatic hydroxyl groups excluding tert-OH is 1. The van der Waals surface area contributed by atoms with E-state index >= 15 is 0 Å². The maximum atomic E-state index is 9.65. The summed E-state index contributed by atoms with van der Waals surface area (Å²) in [4.78, 5) is 4.56. The zero-order chi connectivity index (χ0) is 14.1. The van der Waals surface area contributed by atoms with Gasteiger partial charge in [-0.3, -0.25) is 4.40 Å². The van der Waals surface area contributed by atoms with E-state index in [9.17, 15) is 5.11 Å². The first-order valence-electron chi connectivity index (χ1n) is 6.14. The van der Waals surface area contributed by atoms with Crippen molar-refractivity contribution in [2.24, 2.45) is 0 Å². The Bertz CT molecular complexity index is 768. The Labute approximate surface area is 121 Å². The number of pyridine rings is 1. The number of hydrogen-bond acceptors (Lipinski definition) is 3. The molecule has 0 aliphatic heterocycles. The molecule has 5 heteroatoms. The Morgan fingerprint density at radius 3 is 2.90 bits per heavy atom. The molecular weight excluding hydrogens is 276 g/mol. The summed E-state index contributed by atoms with van der Waals surface area (Å²) in [6, 6.07) is 11.2. The van der Waals surface area contributed by atoms with Crippen molar-refractivity contribution in [3.63, 3.8) is 0 Å². The zero-order valence-electron chi connectivity index (χ0n) is 10.9. The maximum absolute atomic E-state index is 9.65. The van der Waals surface area contributed by atoms with E-state index in [0.717, 1.165) is 22.7 Å². The van der Waals surface area contributed by atoms with E-state index in [0.29, 0.717) is 10.7 Å². The van der Waals surface area contributed by atoms with Gasteiger partial charge < -0.3 is 9.84 Å². The summed E-state index contributed by atoms with van der Waals surface area (Å²) in [5.74, 6) is 0.751. The van der Waals surface area contributed by atoms with Gasteiger partial charge in [-0.05, 0) is 24.3 Å². The van der Waals surface area contributed by atoms with Gasteiger partial charge in [-0.15, -0.1) is 0 Å². The van der Waals surface area contributed by atoms with Crippen molar-refractivity contribution in [1.82, 2.24) is 9.38 Å². The molecule has 1 aromatic carbocycles. The lowest BCUT2D eigenvalue weighted by Gasteiger charge is -2.04. The number of rotatable bonds is 3. The minimum Gasteiger partial charge on any atom is -0.497 e. The van der Waals surface area contributed by atoms with Crippen LogP contribution in [0.4, 0.5) is 0 Å². The highest BCUT2D eigenvalue weighted by atomic mass is 35.5. The van der Waals surface area contributed by atoms with Gasteiger partial charge in [0, 0.05) is 11.8 Å². The molecule has 0 radical (unpaired) electrons. The van der Waals surface area contributed by atoms with Gasteiger partial charge in [-0.1, -0.05) is 23.7 Å². The fraction of sp³-hybridized carbons (Fsp3) is 0.133. The number of benzene rings is 1. The largest absolute Gasteiger partial charge is 0.497 e. The molecule has 0 unspecified atom stereocenters. The van der Waals surface area contributed by atoms with E-state index in [4.69, 9.17) is 16.3 Å². The molecule has 0 atom stereocenters. The number of aliphatic hydroxyl groups is 1. The van der Waals surface area contributed by atoms with E-state index < -0.39 is 0 Å². The summed E-state index contributed by atoms with van der Waals surface area (Å²) in [7, 11) is 1.62. The monoisotopic (exact) mass is 288 g/mol. The Balaban J connectivity index is 2.24. The first kappa shape index (κ1) is 13.0. The molecule has 3 rings (SSSR count). The van der Waals surface area contributed by atoms with Crippen LogP contribution in [0.3, 0.4) is 0 Å². The van der Waals surface area contributed by atoms with Crippen LogP contribution in [0, 0.1) is 0 Å². The predicted octanol–water partition coefficient (Wildman–Crippen LogP) is 3.16. The molecule has 1 N–H and O–H groups in total. The number of ether oxygens (including phenoxy) is 1. The van der Waals surface area contributed by atoms with Crippen molar-refractivity contribution in [2.75, 3.05) is 7.11 Å². The molecule has 0 bridgehead atoms. The Morgan fingerprint density at radius 2 is 2.15 bits per heavy atom. The normalized spacial score (nSPS) is 10.9.